The van der Waals surface area contributed by atoms with Crippen molar-refractivity contribution >= 4 is 27.7 Å². The third-order valence-corrected chi connectivity index (χ3v) is 5.57. The lowest BCUT2D eigenvalue weighted by Crippen LogP contribution is -2.49. The van der Waals surface area contributed by atoms with E-state index >= 15 is 0 Å². The number of carbonyl (C=O) groups excluding carboxylic acids is 1. The Balaban J connectivity index is 1.42. The van der Waals surface area contributed by atoms with Crippen LogP contribution in [0.25, 0.3) is 11.3 Å². The van der Waals surface area contributed by atoms with Gasteiger partial charge in [-0.1, -0.05) is 22.0 Å². The molecule has 1 aliphatic heterocycles. The monoisotopic (exact) mass is 466 g/mol. The predicted molar refractivity (Wildman–Crippen MR) is 121 cm³/mol. The van der Waals surface area contributed by atoms with Crippen molar-refractivity contribution in [2.45, 2.75) is 6.92 Å². The number of rotatable bonds is 5. The van der Waals surface area contributed by atoms with Crippen LogP contribution in [-0.2, 0) is 0 Å². The second kappa shape index (κ2) is 9.26. The average Bonchev–Trinajstić information content (AvgIpc) is 2.79. The highest BCUT2D eigenvalue weighted by molar-refractivity contribution is 9.10. The smallest absolute Gasteiger partial charge is 0.254 e. The van der Waals surface area contributed by atoms with E-state index in [1.165, 1.54) is 0 Å². The summed E-state index contributed by atoms with van der Waals surface area (Å²) in [5.74, 6) is 1.79. The number of amides is 1. The maximum atomic E-state index is 12.8. The summed E-state index contributed by atoms with van der Waals surface area (Å²) in [7, 11) is 0. The number of aromatic nitrogens is 2. The van der Waals surface area contributed by atoms with Crippen LogP contribution in [0.3, 0.4) is 0 Å². The highest BCUT2D eigenvalue weighted by atomic mass is 79.9. The molecule has 6 nitrogen and oxygen atoms in total. The first-order chi connectivity index (χ1) is 14.6. The van der Waals surface area contributed by atoms with E-state index in [4.69, 9.17) is 4.74 Å². The highest BCUT2D eigenvalue weighted by Crippen LogP contribution is 2.24. The zero-order chi connectivity index (χ0) is 20.9. The first kappa shape index (κ1) is 20.3. The summed E-state index contributed by atoms with van der Waals surface area (Å²) in [4.78, 5) is 25.7. The average molecular weight is 467 g/mol. The Labute approximate surface area is 184 Å². The quantitative estimate of drug-likeness (QED) is 0.561. The molecule has 1 aliphatic rings. The molecule has 0 atom stereocenters. The normalized spacial score (nSPS) is 13.9. The van der Waals surface area contributed by atoms with E-state index in [-0.39, 0.29) is 5.91 Å². The fourth-order valence-corrected chi connectivity index (χ4v) is 3.91. The maximum Gasteiger partial charge on any atom is 0.254 e. The lowest BCUT2D eigenvalue weighted by atomic mass is 10.1. The fraction of sp³-hybridized carbons (Fsp3) is 0.261. The highest BCUT2D eigenvalue weighted by Gasteiger charge is 2.23. The number of benzene rings is 2. The summed E-state index contributed by atoms with van der Waals surface area (Å²) in [6.07, 6.45) is 1.60. The summed E-state index contributed by atoms with van der Waals surface area (Å²) < 4.78 is 6.42. The third-order valence-electron chi connectivity index (χ3n) is 5.08. The number of ether oxygens (including phenoxy) is 1. The first-order valence-corrected chi connectivity index (χ1v) is 10.8. The van der Waals surface area contributed by atoms with Gasteiger partial charge in [-0.3, -0.25) is 4.79 Å². The molecule has 2 aromatic carbocycles. The number of anilines is 1. The molecule has 0 bridgehead atoms. The standard InChI is InChI=1S/C23H23BrN4O2/c1-2-30-20-8-6-17(7-9-20)21-15-22(26-16-25-21)27-10-12-28(13-11-27)23(29)18-4-3-5-19(24)14-18/h3-9,14-16H,2,10-13H2,1H3. The molecule has 30 heavy (non-hydrogen) atoms. The summed E-state index contributed by atoms with van der Waals surface area (Å²) in [6.45, 7) is 5.41. The second-order valence-corrected chi connectivity index (χ2v) is 7.92. The largest absolute Gasteiger partial charge is 0.494 e. The predicted octanol–water partition coefficient (Wildman–Crippen LogP) is 4.27. The van der Waals surface area contributed by atoms with Crippen LogP contribution in [0.15, 0.2) is 65.4 Å². The first-order valence-electron chi connectivity index (χ1n) is 9.99. The van der Waals surface area contributed by atoms with Gasteiger partial charge in [-0.2, -0.15) is 0 Å². The van der Waals surface area contributed by atoms with Crippen LogP contribution in [0, 0.1) is 0 Å². The molecule has 0 N–H and O–H groups in total. The molecular weight excluding hydrogens is 444 g/mol. The van der Waals surface area contributed by atoms with E-state index in [0.717, 1.165) is 40.4 Å². The molecular formula is C23H23BrN4O2. The fourth-order valence-electron chi connectivity index (χ4n) is 3.51. The van der Waals surface area contributed by atoms with E-state index in [9.17, 15) is 4.79 Å². The zero-order valence-corrected chi connectivity index (χ0v) is 18.4. The number of nitrogens with zero attached hydrogens (tertiary/aromatic N) is 4. The molecule has 1 fully saturated rings. The number of piperazine rings is 1. The molecule has 0 saturated carbocycles. The Morgan fingerprint density at radius 1 is 1.03 bits per heavy atom. The van der Waals surface area contributed by atoms with Gasteiger partial charge in [0.25, 0.3) is 5.91 Å². The molecule has 1 amide bonds. The van der Waals surface area contributed by atoms with E-state index in [1.807, 2.05) is 66.4 Å². The Bertz CT molecular complexity index is 1020. The van der Waals surface area contributed by atoms with Gasteiger partial charge in [0.15, 0.2) is 0 Å². The number of hydrogen-bond donors (Lipinski definition) is 0. The van der Waals surface area contributed by atoms with Crippen molar-refractivity contribution in [1.82, 2.24) is 14.9 Å². The minimum absolute atomic E-state index is 0.0636. The van der Waals surface area contributed by atoms with Gasteiger partial charge in [0, 0.05) is 47.8 Å². The SMILES string of the molecule is CCOc1ccc(-c2cc(N3CCN(C(=O)c4cccc(Br)c4)CC3)ncn2)cc1. The molecule has 0 aliphatic carbocycles. The van der Waals surface area contributed by atoms with Gasteiger partial charge in [0.1, 0.15) is 17.9 Å². The summed E-state index contributed by atoms with van der Waals surface area (Å²) in [5.41, 5.74) is 2.60. The lowest BCUT2D eigenvalue weighted by Gasteiger charge is -2.35. The van der Waals surface area contributed by atoms with Crippen LogP contribution in [0.1, 0.15) is 17.3 Å². The molecule has 3 aromatic rings. The second-order valence-electron chi connectivity index (χ2n) is 7.01. The van der Waals surface area contributed by atoms with Crippen LogP contribution in [-0.4, -0.2) is 53.6 Å². The summed E-state index contributed by atoms with van der Waals surface area (Å²) in [5, 5.41) is 0. The summed E-state index contributed by atoms with van der Waals surface area (Å²) >= 11 is 3.43. The Kier molecular flexibility index (Phi) is 6.28. The van der Waals surface area contributed by atoms with Gasteiger partial charge in [0.05, 0.1) is 12.3 Å². The van der Waals surface area contributed by atoms with Crippen molar-refractivity contribution in [3.05, 3.63) is 71.0 Å². The molecule has 154 valence electrons. The van der Waals surface area contributed by atoms with Gasteiger partial charge in [0.2, 0.25) is 0 Å². The summed E-state index contributed by atoms with van der Waals surface area (Å²) in [6, 6.07) is 17.4. The number of halogens is 1. The molecule has 0 unspecified atom stereocenters. The van der Waals surface area contributed by atoms with E-state index in [2.05, 4.69) is 30.8 Å². The van der Waals surface area contributed by atoms with Gasteiger partial charge in [-0.25, -0.2) is 9.97 Å². The van der Waals surface area contributed by atoms with Crippen molar-refractivity contribution in [2.24, 2.45) is 0 Å². The van der Waals surface area contributed by atoms with E-state index < -0.39 is 0 Å². The van der Waals surface area contributed by atoms with E-state index in [1.54, 1.807) is 6.33 Å². The molecule has 4 rings (SSSR count). The molecule has 2 heterocycles. The molecule has 0 radical (unpaired) electrons. The maximum absolute atomic E-state index is 12.8. The Morgan fingerprint density at radius 2 is 1.80 bits per heavy atom. The molecule has 1 saturated heterocycles. The Morgan fingerprint density at radius 3 is 2.50 bits per heavy atom. The lowest BCUT2D eigenvalue weighted by molar-refractivity contribution is 0.0746. The minimum atomic E-state index is 0.0636. The van der Waals surface area contributed by atoms with Crippen LogP contribution in [0.4, 0.5) is 5.82 Å². The molecule has 7 heteroatoms. The van der Waals surface area contributed by atoms with Crippen LogP contribution in [0.5, 0.6) is 5.75 Å². The van der Waals surface area contributed by atoms with Crippen LogP contribution >= 0.6 is 15.9 Å². The van der Waals surface area contributed by atoms with Crippen molar-refractivity contribution in [3.8, 4) is 17.0 Å². The van der Waals surface area contributed by atoms with Gasteiger partial charge >= 0.3 is 0 Å². The van der Waals surface area contributed by atoms with Crippen LogP contribution in [0.2, 0.25) is 0 Å². The van der Waals surface area contributed by atoms with Gasteiger partial charge in [-0.15, -0.1) is 0 Å². The topological polar surface area (TPSA) is 58.6 Å². The minimum Gasteiger partial charge on any atom is -0.494 e. The van der Waals surface area contributed by atoms with Crippen molar-refractivity contribution in [3.63, 3.8) is 0 Å². The number of hydrogen-bond acceptors (Lipinski definition) is 5. The van der Waals surface area contributed by atoms with Crippen LogP contribution < -0.4 is 9.64 Å². The third kappa shape index (κ3) is 4.62. The number of carbonyl (C=O) groups is 1. The molecule has 1 aromatic heterocycles. The van der Waals surface area contributed by atoms with Crippen molar-refractivity contribution < 1.29 is 9.53 Å². The van der Waals surface area contributed by atoms with E-state index in [0.29, 0.717) is 25.3 Å². The molecule has 0 spiro atoms. The van der Waals surface area contributed by atoms with Gasteiger partial charge in [-0.05, 0) is 49.4 Å². The zero-order valence-electron chi connectivity index (χ0n) is 16.8. The van der Waals surface area contributed by atoms with Crippen molar-refractivity contribution in [1.29, 1.82) is 0 Å². The van der Waals surface area contributed by atoms with Crippen molar-refractivity contribution in [2.75, 3.05) is 37.7 Å². The Hall–Kier alpha value is -2.93. The van der Waals surface area contributed by atoms with Gasteiger partial charge < -0.3 is 14.5 Å².